The summed E-state index contributed by atoms with van der Waals surface area (Å²) in [6.07, 6.45) is 0.0200. The third-order valence-electron chi connectivity index (χ3n) is 3.99. The van der Waals surface area contributed by atoms with Gasteiger partial charge < -0.3 is 9.73 Å². The van der Waals surface area contributed by atoms with Crippen LogP contribution < -0.4 is 5.32 Å². The number of rotatable bonds is 6. The molecule has 0 fully saturated rings. The molecule has 3 aromatic rings. The highest BCUT2D eigenvalue weighted by Gasteiger charge is 2.18. The van der Waals surface area contributed by atoms with E-state index >= 15 is 0 Å². The van der Waals surface area contributed by atoms with Crippen molar-refractivity contribution >= 4 is 17.5 Å². The molecule has 0 aliphatic heterocycles. The van der Waals surface area contributed by atoms with E-state index in [0.717, 1.165) is 5.56 Å². The topological polar surface area (TPSA) is 68.0 Å². The van der Waals surface area contributed by atoms with Gasteiger partial charge in [-0.3, -0.25) is 4.79 Å². The van der Waals surface area contributed by atoms with E-state index in [0.29, 0.717) is 6.54 Å². The number of nitrogens with one attached hydrogen (secondary N) is 1. The van der Waals surface area contributed by atoms with Crippen LogP contribution in [0.1, 0.15) is 40.5 Å². The van der Waals surface area contributed by atoms with E-state index in [1.54, 1.807) is 6.07 Å². The molecule has 0 aliphatic rings. The molecular formula is C19H17ClFN3O2. The number of carbonyl (C=O) groups is 1. The summed E-state index contributed by atoms with van der Waals surface area (Å²) in [4.78, 5) is 12.2. The maximum Gasteiger partial charge on any atom is 0.308 e. The van der Waals surface area contributed by atoms with Crippen LogP contribution in [-0.4, -0.2) is 22.6 Å². The van der Waals surface area contributed by atoms with E-state index in [2.05, 4.69) is 15.5 Å². The Hall–Kier alpha value is -2.73. The number of nitrogens with zero attached hydrogens (tertiary/aromatic N) is 2. The van der Waals surface area contributed by atoms with Gasteiger partial charge in [-0.15, -0.1) is 10.2 Å². The lowest BCUT2D eigenvalue weighted by Crippen LogP contribution is -2.27. The molecule has 1 amide bonds. The van der Waals surface area contributed by atoms with Gasteiger partial charge in [-0.25, -0.2) is 4.39 Å². The summed E-state index contributed by atoms with van der Waals surface area (Å²) in [5.41, 5.74) is 1.37. The first-order chi connectivity index (χ1) is 12.5. The highest BCUT2D eigenvalue weighted by Crippen LogP contribution is 2.22. The fraction of sp³-hybridized carbons (Fsp3) is 0.211. The first kappa shape index (κ1) is 18.1. The molecule has 26 heavy (non-hydrogen) atoms. The molecule has 1 unspecified atom stereocenters. The number of benzene rings is 2. The number of amides is 1. The van der Waals surface area contributed by atoms with Gasteiger partial charge in [0.15, 0.2) is 0 Å². The Balaban J connectivity index is 1.61. The Morgan fingerprint density at radius 3 is 2.69 bits per heavy atom. The van der Waals surface area contributed by atoms with Crippen LogP contribution in [0.4, 0.5) is 4.39 Å². The van der Waals surface area contributed by atoms with Crippen molar-refractivity contribution in [3.8, 4) is 0 Å². The van der Waals surface area contributed by atoms with Crippen molar-refractivity contribution in [3.05, 3.63) is 82.3 Å². The van der Waals surface area contributed by atoms with Crippen molar-refractivity contribution in [2.45, 2.75) is 19.3 Å². The number of halogens is 2. The molecule has 5 nitrogen and oxygen atoms in total. The van der Waals surface area contributed by atoms with Gasteiger partial charge in [0.05, 0.1) is 6.42 Å². The van der Waals surface area contributed by atoms with Crippen LogP contribution >= 0.6 is 11.6 Å². The summed E-state index contributed by atoms with van der Waals surface area (Å²) in [6.45, 7) is 2.44. The van der Waals surface area contributed by atoms with Crippen LogP contribution in [0.3, 0.4) is 0 Å². The fourth-order valence-corrected chi connectivity index (χ4v) is 2.72. The molecular weight excluding hydrogens is 357 g/mol. The van der Waals surface area contributed by atoms with Gasteiger partial charge >= 0.3 is 11.8 Å². The van der Waals surface area contributed by atoms with Crippen molar-refractivity contribution in [1.82, 2.24) is 15.5 Å². The summed E-state index contributed by atoms with van der Waals surface area (Å²) >= 11 is 5.98. The maximum absolute atomic E-state index is 13.8. The molecule has 1 atom stereocenters. The van der Waals surface area contributed by atoms with E-state index in [4.69, 9.17) is 16.0 Å². The van der Waals surface area contributed by atoms with Crippen LogP contribution in [-0.2, 0) is 6.42 Å². The van der Waals surface area contributed by atoms with Crippen molar-refractivity contribution in [2.24, 2.45) is 0 Å². The normalized spacial score (nSPS) is 12.0. The second-order valence-corrected chi connectivity index (χ2v) is 6.31. The smallest absolute Gasteiger partial charge is 0.308 e. The predicted octanol–water partition coefficient (Wildman–Crippen LogP) is 3.99. The summed E-state index contributed by atoms with van der Waals surface area (Å²) in [7, 11) is 0. The minimum Gasteiger partial charge on any atom is -0.417 e. The Kier molecular flexibility index (Phi) is 5.63. The largest absolute Gasteiger partial charge is 0.417 e. The molecule has 0 aliphatic carbocycles. The number of aromatic nitrogens is 2. The van der Waals surface area contributed by atoms with Gasteiger partial charge in [0.1, 0.15) is 5.82 Å². The average Bonchev–Trinajstić information content (AvgIpc) is 3.12. The van der Waals surface area contributed by atoms with Gasteiger partial charge in [0, 0.05) is 17.1 Å². The lowest BCUT2D eigenvalue weighted by atomic mass is 10.0. The molecule has 0 bridgehead atoms. The molecule has 7 heteroatoms. The van der Waals surface area contributed by atoms with Crippen molar-refractivity contribution in [2.75, 3.05) is 6.54 Å². The molecule has 1 aromatic heterocycles. The number of hydrogen-bond donors (Lipinski definition) is 1. The Morgan fingerprint density at radius 2 is 1.96 bits per heavy atom. The molecule has 0 saturated heterocycles. The predicted molar refractivity (Wildman–Crippen MR) is 95.7 cm³/mol. The van der Waals surface area contributed by atoms with Gasteiger partial charge in [-0.05, 0) is 23.6 Å². The average molecular weight is 374 g/mol. The second kappa shape index (κ2) is 8.10. The van der Waals surface area contributed by atoms with Crippen LogP contribution in [0.25, 0.3) is 0 Å². The lowest BCUT2D eigenvalue weighted by molar-refractivity contribution is 0.0915. The summed E-state index contributed by atoms with van der Waals surface area (Å²) in [5, 5.41) is 10.6. The van der Waals surface area contributed by atoms with Crippen LogP contribution in [0.2, 0.25) is 5.02 Å². The molecule has 2 aromatic carbocycles. The highest BCUT2D eigenvalue weighted by atomic mass is 35.5. The molecule has 134 valence electrons. The molecule has 1 heterocycles. The minimum absolute atomic E-state index is 0.0200. The van der Waals surface area contributed by atoms with E-state index < -0.39 is 11.7 Å². The third-order valence-corrected chi connectivity index (χ3v) is 4.34. The summed E-state index contributed by atoms with van der Waals surface area (Å²) < 4.78 is 19.2. The quantitative estimate of drug-likeness (QED) is 0.709. The SMILES string of the molecule is CC(CNC(=O)c1nnc(Cc2c(F)cccc2Cl)o1)c1ccccc1. The van der Waals surface area contributed by atoms with E-state index in [9.17, 15) is 9.18 Å². The zero-order valence-electron chi connectivity index (χ0n) is 14.1. The first-order valence-corrected chi connectivity index (χ1v) is 8.51. The fourth-order valence-electron chi connectivity index (χ4n) is 2.49. The monoisotopic (exact) mass is 373 g/mol. The third kappa shape index (κ3) is 4.26. The van der Waals surface area contributed by atoms with Crippen molar-refractivity contribution < 1.29 is 13.6 Å². The second-order valence-electron chi connectivity index (χ2n) is 5.90. The van der Waals surface area contributed by atoms with Gasteiger partial charge in [0.25, 0.3) is 0 Å². The Labute approximate surface area is 155 Å². The van der Waals surface area contributed by atoms with Gasteiger partial charge in [0.2, 0.25) is 5.89 Å². The molecule has 0 spiro atoms. The summed E-state index contributed by atoms with van der Waals surface area (Å²) in [6, 6.07) is 14.2. The zero-order chi connectivity index (χ0) is 18.5. The van der Waals surface area contributed by atoms with Crippen LogP contribution in [0, 0.1) is 5.82 Å². The molecule has 1 N–H and O–H groups in total. The summed E-state index contributed by atoms with van der Waals surface area (Å²) in [5.74, 6) is -0.824. The maximum atomic E-state index is 13.8. The number of carbonyl (C=O) groups excluding carboxylic acids is 1. The highest BCUT2D eigenvalue weighted by molar-refractivity contribution is 6.31. The number of hydrogen-bond acceptors (Lipinski definition) is 4. The first-order valence-electron chi connectivity index (χ1n) is 8.13. The lowest BCUT2D eigenvalue weighted by Gasteiger charge is -2.11. The van der Waals surface area contributed by atoms with Crippen LogP contribution in [0.5, 0.6) is 0 Å². The zero-order valence-corrected chi connectivity index (χ0v) is 14.8. The Morgan fingerprint density at radius 1 is 1.19 bits per heavy atom. The van der Waals surface area contributed by atoms with Crippen LogP contribution in [0.15, 0.2) is 52.9 Å². The van der Waals surface area contributed by atoms with E-state index in [-0.39, 0.29) is 34.7 Å². The standard InChI is InChI=1S/C19H17ClFN3O2/c1-12(13-6-3-2-4-7-13)11-22-18(25)19-24-23-17(26-19)10-14-15(20)8-5-9-16(14)21/h2-9,12H,10-11H2,1H3,(H,22,25). The van der Waals surface area contributed by atoms with E-state index in [1.165, 1.54) is 12.1 Å². The van der Waals surface area contributed by atoms with Gasteiger partial charge in [-0.1, -0.05) is 54.9 Å². The minimum atomic E-state index is -0.467. The van der Waals surface area contributed by atoms with Crippen molar-refractivity contribution in [1.29, 1.82) is 0 Å². The molecule has 0 saturated carbocycles. The van der Waals surface area contributed by atoms with Crippen molar-refractivity contribution in [3.63, 3.8) is 0 Å². The van der Waals surface area contributed by atoms with E-state index in [1.807, 2.05) is 37.3 Å². The molecule has 0 radical (unpaired) electrons. The molecule has 3 rings (SSSR count). The Bertz CT molecular complexity index is 879. The van der Waals surface area contributed by atoms with Gasteiger partial charge in [-0.2, -0.15) is 0 Å².